The fourth-order valence-corrected chi connectivity index (χ4v) is 2.27. The molecule has 14 heavy (non-hydrogen) atoms. The minimum absolute atomic E-state index is 0.575. The number of rotatable bonds is 1. The highest BCUT2D eigenvalue weighted by Gasteiger charge is 2.12. The standard InChI is InChI=1S/C12H16BrN/c13-11-7-5-10(6-8-11)12-4-2-1-3-9-14-12/h5-8,12,14H,1-4,9H2/t12-/m0/s1. The lowest BCUT2D eigenvalue weighted by atomic mass is 10.0. The highest BCUT2D eigenvalue weighted by atomic mass is 79.9. The Hall–Kier alpha value is -0.340. The predicted molar refractivity (Wildman–Crippen MR) is 63.4 cm³/mol. The van der Waals surface area contributed by atoms with Gasteiger partial charge in [-0.15, -0.1) is 0 Å². The molecule has 0 saturated carbocycles. The van der Waals surface area contributed by atoms with Crippen molar-refractivity contribution in [3.63, 3.8) is 0 Å². The number of benzene rings is 1. The molecule has 1 N–H and O–H groups in total. The van der Waals surface area contributed by atoms with Crippen molar-refractivity contribution >= 4 is 15.9 Å². The third kappa shape index (κ3) is 2.58. The Morgan fingerprint density at radius 3 is 2.64 bits per heavy atom. The fraction of sp³-hybridized carbons (Fsp3) is 0.500. The maximum Gasteiger partial charge on any atom is 0.0320 e. The average Bonchev–Trinajstić information content (AvgIpc) is 2.47. The van der Waals surface area contributed by atoms with Crippen LogP contribution in [0.5, 0.6) is 0 Å². The first-order valence-corrected chi connectivity index (χ1v) is 6.14. The van der Waals surface area contributed by atoms with Gasteiger partial charge in [0, 0.05) is 10.5 Å². The van der Waals surface area contributed by atoms with Crippen molar-refractivity contribution < 1.29 is 0 Å². The molecule has 0 bridgehead atoms. The molecule has 1 fully saturated rings. The topological polar surface area (TPSA) is 12.0 Å². The smallest absolute Gasteiger partial charge is 0.0320 e. The van der Waals surface area contributed by atoms with Crippen LogP contribution in [-0.2, 0) is 0 Å². The molecule has 76 valence electrons. The minimum Gasteiger partial charge on any atom is -0.310 e. The van der Waals surface area contributed by atoms with Crippen molar-refractivity contribution in [3.05, 3.63) is 34.3 Å². The van der Waals surface area contributed by atoms with Gasteiger partial charge in [-0.3, -0.25) is 0 Å². The van der Waals surface area contributed by atoms with Crippen molar-refractivity contribution in [3.8, 4) is 0 Å². The molecule has 0 radical (unpaired) electrons. The van der Waals surface area contributed by atoms with Gasteiger partial charge in [0.25, 0.3) is 0 Å². The summed E-state index contributed by atoms with van der Waals surface area (Å²) in [6.45, 7) is 1.17. The van der Waals surface area contributed by atoms with Crippen molar-refractivity contribution in [2.24, 2.45) is 0 Å². The van der Waals surface area contributed by atoms with Gasteiger partial charge in [0.1, 0.15) is 0 Å². The quantitative estimate of drug-likeness (QED) is 0.806. The summed E-state index contributed by atoms with van der Waals surface area (Å²) >= 11 is 3.46. The van der Waals surface area contributed by atoms with E-state index >= 15 is 0 Å². The molecule has 1 aliphatic rings. The van der Waals surface area contributed by atoms with Crippen LogP contribution in [0.25, 0.3) is 0 Å². The van der Waals surface area contributed by atoms with Crippen LogP contribution < -0.4 is 5.32 Å². The van der Waals surface area contributed by atoms with Crippen LogP contribution in [0.4, 0.5) is 0 Å². The van der Waals surface area contributed by atoms with Crippen molar-refractivity contribution in [2.75, 3.05) is 6.54 Å². The van der Waals surface area contributed by atoms with E-state index in [-0.39, 0.29) is 0 Å². The molecule has 1 heterocycles. The summed E-state index contributed by atoms with van der Waals surface area (Å²) in [5, 5.41) is 3.60. The molecule has 0 spiro atoms. The van der Waals surface area contributed by atoms with E-state index < -0.39 is 0 Å². The fourth-order valence-electron chi connectivity index (χ4n) is 2.01. The second-order valence-corrected chi connectivity index (χ2v) is 4.82. The lowest BCUT2D eigenvalue weighted by Gasteiger charge is -2.15. The largest absolute Gasteiger partial charge is 0.310 e. The highest BCUT2D eigenvalue weighted by Crippen LogP contribution is 2.23. The molecule has 2 heteroatoms. The number of hydrogen-bond acceptors (Lipinski definition) is 1. The zero-order valence-electron chi connectivity index (χ0n) is 8.30. The van der Waals surface area contributed by atoms with E-state index in [4.69, 9.17) is 0 Å². The van der Waals surface area contributed by atoms with E-state index in [0.717, 1.165) is 4.47 Å². The van der Waals surface area contributed by atoms with Crippen LogP contribution in [0.1, 0.15) is 37.3 Å². The lowest BCUT2D eigenvalue weighted by Crippen LogP contribution is -2.20. The Morgan fingerprint density at radius 2 is 1.86 bits per heavy atom. The third-order valence-corrected chi connectivity index (χ3v) is 3.36. The van der Waals surface area contributed by atoms with Crippen molar-refractivity contribution in [1.82, 2.24) is 5.32 Å². The van der Waals surface area contributed by atoms with Gasteiger partial charge in [0.15, 0.2) is 0 Å². The highest BCUT2D eigenvalue weighted by molar-refractivity contribution is 9.10. The summed E-state index contributed by atoms with van der Waals surface area (Å²) in [5.74, 6) is 0. The molecule has 1 nitrogen and oxygen atoms in total. The Morgan fingerprint density at radius 1 is 1.07 bits per heavy atom. The van der Waals surface area contributed by atoms with Crippen LogP contribution in [0.3, 0.4) is 0 Å². The average molecular weight is 254 g/mol. The molecule has 1 saturated heterocycles. The SMILES string of the molecule is Brc1ccc([C@@H]2CCCCCN2)cc1. The summed E-state index contributed by atoms with van der Waals surface area (Å²) in [7, 11) is 0. The summed E-state index contributed by atoms with van der Waals surface area (Å²) < 4.78 is 1.16. The number of nitrogens with one attached hydrogen (secondary N) is 1. The van der Waals surface area contributed by atoms with Crippen LogP contribution in [0.2, 0.25) is 0 Å². The van der Waals surface area contributed by atoms with E-state index in [1.54, 1.807) is 0 Å². The molecule has 1 aromatic carbocycles. The van der Waals surface area contributed by atoms with E-state index in [9.17, 15) is 0 Å². The molecule has 0 aliphatic carbocycles. The molecule has 2 rings (SSSR count). The van der Waals surface area contributed by atoms with Gasteiger partial charge in [-0.25, -0.2) is 0 Å². The summed E-state index contributed by atoms with van der Waals surface area (Å²) in [6, 6.07) is 9.26. The Balaban J connectivity index is 2.08. The minimum atomic E-state index is 0.575. The second kappa shape index (κ2) is 4.94. The molecular weight excluding hydrogens is 238 g/mol. The van der Waals surface area contributed by atoms with E-state index in [2.05, 4.69) is 45.5 Å². The monoisotopic (exact) mass is 253 g/mol. The Bertz CT molecular complexity index is 273. The zero-order chi connectivity index (χ0) is 9.80. The molecule has 1 aliphatic heterocycles. The van der Waals surface area contributed by atoms with Crippen LogP contribution in [0.15, 0.2) is 28.7 Å². The summed E-state index contributed by atoms with van der Waals surface area (Å²) in [6.07, 6.45) is 5.34. The van der Waals surface area contributed by atoms with Gasteiger partial charge in [-0.2, -0.15) is 0 Å². The third-order valence-electron chi connectivity index (χ3n) is 2.83. The second-order valence-electron chi connectivity index (χ2n) is 3.91. The van der Waals surface area contributed by atoms with Gasteiger partial charge < -0.3 is 5.32 Å². The Labute approximate surface area is 94.0 Å². The molecule has 1 atom stereocenters. The van der Waals surface area contributed by atoms with E-state index in [1.807, 2.05) is 0 Å². The van der Waals surface area contributed by atoms with Gasteiger partial charge in [0.05, 0.1) is 0 Å². The zero-order valence-corrected chi connectivity index (χ0v) is 9.89. The first-order valence-electron chi connectivity index (χ1n) is 5.35. The van der Waals surface area contributed by atoms with E-state index in [0.29, 0.717) is 6.04 Å². The first-order chi connectivity index (χ1) is 6.86. The van der Waals surface area contributed by atoms with Gasteiger partial charge in [-0.1, -0.05) is 40.9 Å². The first kappa shape index (κ1) is 10.2. The predicted octanol–water partition coefficient (Wildman–Crippen LogP) is 3.65. The van der Waals surface area contributed by atoms with Crippen LogP contribution >= 0.6 is 15.9 Å². The Kier molecular flexibility index (Phi) is 3.60. The van der Waals surface area contributed by atoms with Crippen LogP contribution in [-0.4, -0.2) is 6.54 Å². The normalized spacial score (nSPS) is 23.1. The van der Waals surface area contributed by atoms with Gasteiger partial charge >= 0.3 is 0 Å². The van der Waals surface area contributed by atoms with Crippen LogP contribution in [0, 0.1) is 0 Å². The molecule has 0 aromatic heterocycles. The van der Waals surface area contributed by atoms with Crippen molar-refractivity contribution in [1.29, 1.82) is 0 Å². The van der Waals surface area contributed by atoms with Crippen molar-refractivity contribution in [2.45, 2.75) is 31.7 Å². The maximum atomic E-state index is 3.60. The molecule has 1 aromatic rings. The summed E-state index contributed by atoms with van der Waals surface area (Å²) in [4.78, 5) is 0. The number of halogens is 1. The molecule has 0 amide bonds. The molecule has 0 unspecified atom stereocenters. The number of hydrogen-bond donors (Lipinski definition) is 1. The van der Waals surface area contributed by atoms with E-state index in [1.165, 1.54) is 37.8 Å². The lowest BCUT2D eigenvalue weighted by molar-refractivity contribution is 0.535. The summed E-state index contributed by atoms with van der Waals surface area (Å²) in [5.41, 5.74) is 1.43. The maximum absolute atomic E-state index is 3.60. The van der Waals surface area contributed by atoms with Gasteiger partial charge in [0.2, 0.25) is 0 Å². The molecular formula is C12H16BrN. The van der Waals surface area contributed by atoms with Gasteiger partial charge in [-0.05, 0) is 37.1 Å².